The normalized spacial score (nSPS) is 12.7. The fourth-order valence-corrected chi connectivity index (χ4v) is 5.05. The lowest BCUT2D eigenvalue weighted by Gasteiger charge is -2.17. The van der Waals surface area contributed by atoms with Crippen molar-refractivity contribution in [2.24, 2.45) is 7.05 Å². The average molecular weight is 364 g/mol. The first-order chi connectivity index (χ1) is 11.1. The van der Waals surface area contributed by atoms with E-state index in [2.05, 4.69) is 14.8 Å². The van der Waals surface area contributed by atoms with Gasteiger partial charge < -0.3 is 0 Å². The molecule has 0 aliphatic rings. The summed E-state index contributed by atoms with van der Waals surface area (Å²) in [5.74, 6) is 0. The molecule has 0 spiro atoms. The Labute approximate surface area is 145 Å². The number of anilines is 1. The standard InChI is InChI=1S/C16H20N4O2S2/c1-10-7-6-8-11-13(10)17-15(23-11)19-24(21,22)12-9-20(5)18-14(12)16(2,3)4/h6-9H,1-5H3,(H,17,19). The molecule has 0 aliphatic heterocycles. The van der Waals surface area contributed by atoms with Crippen LogP contribution in [0.3, 0.4) is 0 Å². The molecule has 2 aromatic heterocycles. The molecule has 0 bridgehead atoms. The molecule has 3 aromatic rings. The topological polar surface area (TPSA) is 76.9 Å². The number of thiazole rings is 1. The van der Waals surface area contributed by atoms with Gasteiger partial charge in [0, 0.05) is 18.7 Å². The molecule has 0 fully saturated rings. The zero-order valence-electron chi connectivity index (χ0n) is 14.3. The number of benzene rings is 1. The van der Waals surface area contributed by atoms with Gasteiger partial charge in [0.2, 0.25) is 0 Å². The van der Waals surface area contributed by atoms with Crippen LogP contribution in [0, 0.1) is 6.92 Å². The Bertz CT molecular complexity index is 1010. The Balaban J connectivity index is 2.04. The molecule has 8 heteroatoms. The Kier molecular flexibility index (Phi) is 3.92. The van der Waals surface area contributed by atoms with Gasteiger partial charge >= 0.3 is 0 Å². The average Bonchev–Trinajstić information content (AvgIpc) is 3.02. The lowest BCUT2D eigenvalue weighted by atomic mass is 9.92. The Hall–Kier alpha value is -1.93. The van der Waals surface area contributed by atoms with E-state index >= 15 is 0 Å². The number of rotatable bonds is 3. The number of hydrogen-bond acceptors (Lipinski definition) is 5. The predicted molar refractivity (Wildman–Crippen MR) is 97.1 cm³/mol. The molecule has 0 saturated heterocycles. The first-order valence-electron chi connectivity index (χ1n) is 7.51. The summed E-state index contributed by atoms with van der Waals surface area (Å²) in [4.78, 5) is 4.61. The molecule has 1 aromatic carbocycles. The summed E-state index contributed by atoms with van der Waals surface area (Å²) < 4.78 is 30.8. The second-order valence-electron chi connectivity index (χ2n) is 6.81. The molecule has 0 amide bonds. The van der Waals surface area contributed by atoms with Gasteiger partial charge in [-0.2, -0.15) is 5.10 Å². The van der Waals surface area contributed by atoms with Gasteiger partial charge in [-0.05, 0) is 18.6 Å². The SMILES string of the molecule is Cc1cccc2sc(NS(=O)(=O)c3cn(C)nc3C(C)(C)C)nc12. The van der Waals surface area contributed by atoms with Crippen LogP contribution in [0.15, 0.2) is 29.3 Å². The van der Waals surface area contributed by atoms with Crippen molar-refractivity contribution in [3.8, 4) is 0 Å². The Morgan fingerprint density at radius 3 is 2.58 bits per heavy atom. The highest BCUT2D eigenvalue weighted by Gasteiger charge is 2.30. The van der Waals surface area contributed by atoms with Gasteiger partial charge in [0.25, 0.3) is 10.0 Å². The van der Waals surface area contributed by atoms with Gasteiger partial charge in [0.15, 0.2) is 5.13 Å². The second-order valence-corrected chi connectivity index (χ2v) is 9.49. The number of nitrogens with one attached hydrogen (secondary N) is 1. The zero-order chi connectivity index (χ0) is 17.7. The van der Waals surface area contributed by atoms with Gasteiger partial charge in [-0.1, -0.05) is 44.2 Å². The maximum atomic E-state index is 12.8. The summed E-state index contributed by atoms with van der Waals surface area (Å²) in [5.41, 5.74) is 2.00. The van der Waals surface area contributed by atoms with Crippen LogP contribution in [0.5, 0.6) is 0 Å². The van der Waals surface area contributed by atoms with Crippen LogP contribution in [-0.4, -0.2) is 23.2 Å². The monoisotopic (exact) mass is 364 g/mol. The minimum atomic E-state index is -3.75. The number of para-hydroxylation sites is 1. The number of hydrogen-bond donors (Lipinski definition) is 1. The second kappa shape index (κ2) is 5.56. The van der Waals surface area contributed by atoms with Crippen molar-refractivity contribution in [1.82, 2.24) is 14.8 Å². The third kappa shape index (κ3) is 3.03. The number of aromatic nitrogens is 3. The van der Waals surface area contributed by atoms with E-state index in [0.29, 0.717) is 10.8 Å². The van der Waals surface area contributed by atoms with Gasteiger partial charge in [0.1, 0.15) is 4.90 Å². The first-order valence-corrected chi connectivity index (χ1v) is 9.81. The van der Waals surface area contributed by atoms with Gasteiger partial charge in [-0.15, -0.1) is 0 Å². The Morgan fingerprint density at radius 1 is 1.25 bits per heavy atom. The van der Waals surface area contributed by atoms with E-state index in [4.69, 9.17) is 0 Å². The lowest BCUT2D eigenvalue weighted by molar-refractivity contribution is 0.539. The molecule has 128 valence electrons. The van der Waals surface area contributed by atoms with Crippen molar-refractivity contribution >= 4 is 36.7 Å². The lowest BCUT2D eigenvalue weighted by Crippen LogP contribution is -2.20. The summed E-state index contributed by atoms with van der Waals surface area (Å²) in [6.45, 7) is 7.78. The molecule has 0 unspecified atom stereocenters. The smallest absolute Gasteiger partial charge is 0.267 e. The summed E-state index contributed by atoms with van der Waals surface area (Å²) in [7, 11) is -2.03. The largest absolute Gasteiger partial charge is 0.274 e. The molecular weight excluding hydrogens is 344 g/mol. The highest BCUT2D eigenvalue weighted by Crippen LogP contribution is 2.32. The zero-order valence-corrected chi connectivity index (χ0v) is 15.9. The molecule has 0 radical (unpaired) electrons. The summed E-state index contributed by atoms with van der Waals surface area (Å²) in [5, 5.41) is 4.69. The van der Waals surface area contributed by atoms with Crippen LogP contribution in [0.25, 0.3) is 10.2 Å². The van der Waals surface area contributed by atoms with Crippen molar-refractivity contribution in [2.75, 3.05) is 4.72 Å². The van der Waals surface area contributed by atoms with Crippen LogP contribution in [0.4, 0.5) is 5.13 Å². The van der Waals surface area contributed by atoms with Crippen LogP contribution in [-0.2, 0) is 22.5 Å². The van der Waals surface area contributed by atoms with E-state index < -0.39 is 10.0 Å². The van der Waals surface area contributed by atoms with E-state index in [-0.39, 0.29) is 10.3 Å². The molecule has 3 rings (SSSR count). The molecule has 1 N–H and O–H groups in total. The Morgan fingerprint density at radius 2 is 1.96 bits per heavy atom. The minimum Gasteiger partial charge on any atom is -0.274 e. The third-order valence-electron chi connectivity index (χ3n) is 3.64. The fourth-order valence-electron chi connectivity index (χ4n) is 2.48. The summed E-state index contributed by atoms with van der Waals surface area (Å²) in [6.07, 6.45) is 1.53. The van der Waals surface area contributed by atoms with Gasteiger partial charge in [0.05, 0.1) is 15.9 Å². The molecule has 2 heterocycles. The highest BCUT2D eigenvalue weighted by molar-refractivity contribution is 7.93. The van der Waals surface area contributed by atoms with Crippen molar-refractivity contribution in [3.05, 3.63) is 35.7 Å². The summed E-state index contributed by atoms with van der Waals surface area (Å²) in [6, 6.07) is 5.83. The maximum absolute atomic E-state index is 12.8. The summed E-state index contributed by atoms with van der Waals surface area (Å²) >= 11 is 1.32. The molecule has 0 aliphatic carbocycles. The van der Waals surface area contributed by atoms with E-state index in [1.54, 1.807) is 7.05 Å². The van der Waals surface area contributed by atoms with Crippen LogP contribution in [0.2, 0.25) is 0 Å². The molecule has 0 saturated carbocycles. The molecular formula is C16H20N4O2S2. The van der Waals surface area contributed by atoms with Crippen LogP contribution >= 0.6 is 11.3 Å². The number of fused-ring (bicyclic) bond motifs is 1. The van der Waals surface area contributed by atoms with Gasteiger partial charge in [-0.25, -0.2) is 13.4 Å². The number of sulfonamides is 1. The van der Waals surface area contributed by atoms with Gasteiger partial charge in [-0.3, -0.25) is 9.40 Å². The first kappa shape index (κ1) is 16.9. The van der Waals surface area contributed by atoms with E-state index in [0.717, 1.165) is 15.8 Å². The van der Waals surface area contributed by atoms with E-state index in [1.165, 1.54) is 22.2 Å². The maximum Gasteiger partial charge on any atom is 0.267 e. The predicted octanol–water partition coefficient (Wildman–Crippen LogP) is 3.44. The van der Waals surface area contributed by atoms with E-state index in [9.17, 15) is 8.42 Å². The minimum absolute atomic E-state index is 0.188. The van der Waals surface area contributed by atoms with Crippen LogP contribution < -0.4 is 4.72 Å². The van der Waals surface area contributed by atoms with Crippen molar-refractivity contribution in [2.45, 2.75) is 38.0 Å². The highest BCUT2D eigenvalue weighted by atomic mass is 32.2. The number of aryl methyl sites for hydroxylation is 2. The fraction of sp³-hybridized carbons (Fsp3) is 0.375. The number of nitrogens with zero attached hydrogens (tertiary/aromatic N) is 3. The molecule has 6 nitrogen and oxygen atoms in total. The van der Waals surface area contributed by atoms with Crippen molar-refractivity contribution in [3.63, 3.8) is 0 Å². The van der Waals surface area contributed by atoms with Crippen molar-refractivity contribution < 1.29 is 8.42 Å². The van der Waals surface area contributed by atoms with Crippen molar-refractivity contribution in [1.29, 1.82) is 0 Å². The van der Waals surface area contributed by atoms with Crippen LogP contribution in [0.1, 0.15) is 32.0 Å². The quantitative estimate of drug-likeness (QED) is 0.772. The third-order valence-corrected chi connectivity index (χ3v) is 6.04. The molecule has 24 heavy (non-hydrogen) atoms. The molecule has 0 atom stereocenters. The van der Waals surface area contributed by atoms with E-state index in [1.807, 2.05) is 45.9 Å².